The Morgan fingerprint density at radius 3 is 2.68 bits per heavy atom. The van der Waals surface area contributed by atoms with Crippen molar-refractivity contribution in [2.45, 2.75) is 39.2 Å². The summed E-state index contributed by atoms with van der Waals surface area (Å²) >= 11 is 5.90. The lowest BCUT2D eigenvalue weighted by molar-refractivity contribution is 0.0980. The van der Waals surface area contributed by atoms with E-state index in [9.17, 15) is 0 Å². The molecule has 0 radical (unpaired) electrons. The van der Waals surface area contributed by atoms with Crippen LogP contribution in [0.4, 0.5) is 0 Å². The highest BCUT2D eigenvalue weighted by Gasteiger charge is 2.26. The van der Waals surface area contributed by atoms with Crippen molar-refractivity contribution >= 4 is 22.8 Å². The van der Waals surface area contributed by atoms with Gasteiger partial charge in [0, 0.05) is 0 Å². The van der Waals surface area contributed by atoms with Crippen LogP contribution < -0.4 is 4.74 Å². The molecule has 1 N–H and O–H groups in total. The molecule has 2 unspecified atom stereocenters. The number of nitrogens with one attached hydrogen (secondary N) is 1. The van der Waals surface area contributed by atoms with Crippen molar-refractivity contribution in [3.8, 4) is 5.88 Å². The van der Waals surface area contributed by atoms with Crippen LogP contribution in [0.5, 0.6) is 5.88 Å². The number of fused-ring (bicyclic) bond motifs is 1. The average molecular weight is 281 g/mol. The van der Waals surface area contributed by atoms with Crippen molar-refractivity contribution in [2.75, 3.05) is 0 Å². The number of halogens is 1. The molecule has 102 valence electrons. The molecule has 2 heterocycles. The second-order valence-electron chi connectivity index (χ2n) is 5.56. The van der Waals surface area contributed by atoms with Gasteiger partial charge in [-0.25, -0.2) is 4.98 Å². The Kier molecular flexibility index (Phi) is 3.31. The fraction of sp³-hybridized carbons (Fsp3) is 0.615. The van der Waals surface area contributed by atoms with Crippen LogP contribution in [0, 0.1) is 11.8 Å². The first kappa shape index (κ1) is 12.7. The van der Waals surface area contributed by atoms with Gasteiger partial charge in [-0.2, -0.15) is 9.97 Å². The number of H-pyrrole nitrogens is 1. The quantitative estimate of drug-likeness (QED) is 0.858. The summed E-state index contributed by atoms with van der Waals surface area (Å²) in [6.45, 7) is 4.54. The molecule has 0 bridgehead atoms. The van der Waals surface area contributed by atoms with Crippen LogP contribution in [0.25, 0.3) is 11.2 Å². The summed E-state index contributed by atoms with van der Waals surface area (Å²) < 4.78 is 6.04. The largest absolute Gasteiger partial charge is 0.473 e. The van der Waals surface area contributed by atoms with Gasteiger partial charge in [0.25, 0.3) is 0 Å². The van der Waals surface area contributed by atoms with E-state index in [1.807, 2.05) is 0 Å². The summed E-state index contributed by atoms with van der Waals surface area (Å²) in [6, 6.07) is 0. The van der Waals surface area contributed by atoms with Crippen LogP contribution in [0.15, 0.2) is 6.33 Å². The molecular weight excluding hydrogens is 264 g/mol. The highest BCUT2D eigenvalue weighted by molar-refractivity contribution is 6.28. The van der Waals surface area contributed by atoms with Gasteiger partial charge in [-0.1, -0.05) is 13.8 Å². The van der Waals surface area contributed by atoms with Gasteiger partial charge in [0.2, 0.25) is 11.2 Å². The molecule has 1 aliphatic rings. The van der Waals surface area contributed by atoms with Gasteiger partial charge in [0.1, 0.15) is 11.6 Å². The first-order chi connectivity index (χ1) is 9.11. The molecule has 2 aromatic rings. The minimum Gasteiger partial charge on any atom is -0.473 e. The number of aromatic nitrogens is 4. The van der Waals surface area contributed by atoms with E-state index in [-0.39, 0.29) is 11.4 Å². The predicted molar refractivity (Wildman–Crippen MR) is 73.3 cm³/mol. The molecule has 3 rings (SSSR count). The minimum absolute atomic E-state index is 0.173. The minimum atomic E-state index is 0.173. The summed E-state index contributed by atoms with van der Waals surface area (Å²) in [4.78, 5) is 15.3. The van der Waals surface area contributed by atoms with Crippen LogP contribution in [0.2, 0.25) is 5.28 Å². The van der Waals surface area contributed by atoms with Gasteiger partial charge in [0.05, 0.1) is 6.33 Å². The summed E-state index contributed by atoms with van der Waals surface area (Å²) in [5.41, 5.74) is 1.27. The molecule has 1 saturated carbocycles. The molecule has 0 aromatic carbocycles. The normalized spacial score (nSPS) is 27.6. The van der Waals surface area contributed by atoms with Crippen LogP contribution >= 0.6 is 11.6 Å². The van der Waals surface area contributed by atoms with Gasteiger partial charge in [-0.3, -0.25) is 0 Å². The van der Waals surface area contributed by atoms with E-state index in [0.29, 0.717) is 23.4 Å². The second kappa shape index (κ2) is 4.96. The van der Waals surface area contributed by atoms with Gasteiger partial charge in [-0.05, 0) is 42.7 Å². The van der Waals surface area contributed by atoms with Crippen molar-refractivity contribution in [3.05, 3.63) is 11.6 Å². The van der Waals surface area contributed by atoms with Crippen LogP contribution in [0.3, 0.4) is 0 Å². The first-order valence-electron chi connectivity index (χ1n) is 6.65. The third-order valence-electron chi connectivity index (χ3n) is 3.64. The van der Waals surface area contributed by atoms with E-state index in [0.717, 1.165) is 18.4 Å². The molecule has 0 aliphatic heterocycles. The molecule has 2 aromatic heterocycles. The second-order valence-corrected chi connectivity index (χ2v) is 5.89. The van der Waals surface area contributed by atoms with E-state index in [1.165, 1.54) is 6.42 Å². The Morgan fingerprint density at radius 1 is 1.21 bits per heavy atom. The maximum atomic E-state index is 6.04. The summed E-state index contributed by atoms with van der Waals surface area (Å²) in [5, 5.41) is 0.173. The molecule has 1 aliphatic carbocycles. The van der Waals surface area contributed by atoms with Crippen molar-refractivity contribution < 1.29 is 4.74 Å². The van der Waals surface area contributed by atoms with Crippen molar-refractivity contribution in [1.29, 1.82) is 0 Å². The van der Waals surface area contributed by atoms with Gasteiger partial charge in [0.15, 0.2) is 5.65 Å². The lowest BCUT2D eigenvalue weighted by atomic mass is 9.82. The standard InChI is InChI=1S/C13H17ClN4O/c1-7-3-8(2)5-9(4-7)19-12-10-11(16-6-15-10)17-13(14)18-12/h6-9H,3-5H2,1-2H3,(H,15,16,17,18). The summed E-state index contributed by atoms with van der Waals surface area (Å²) in [5.74, 6) is 1.88. The molecule has 19 heavy (non-hydrogen) atoms. The number of hydrogen-bond donors (Lipinski definition) is 1. The average Bonchev–Trinajstić information content (AvgIpc) is 2.75. The SMILES string of the molecule is CC1CC(C)CC(Oc2nc(Cl)nc3nc[nH]c23)C1. The topological polar surface area (TPSA) is 63.7 Å². The van der Waals surface area contributed by atoms with Gasteiger partial charge >= 0.3 is 0 Å². The molecule has 0 spiro atoms. The van der Waals surface area contributed by atoms with Gasteiger partial charge < -0.3 is 9.72 Å². The van der Waals surface area contributed by atoms with Crippen molar-refractivity contribution in [1.82, 2.24) is 19.9 Å². The van der Waals surface area contributed by atoms with Crippen molar-refractivity contribution in [3.63, 3.8) is 0 Å². The lowest BCUT2D eigenvalue weighted by Gasteiger charge is -2.31. The summed E-state index contributed by atoms with van der Waals surface area (Å²) in [7, 11) is 0. The van der Waals surface area contributed by atoms with Crippen LogP contribution in [-0.2, 0) is 0 Å². The summed E-state index contributed by atoms with van der Waals surface area (Å²) in [6.07, 6.45) is 5.15. The molecule has 1 fully saturated rings. The predicted octanol–water partition coefficient (Wildman–Crippen LogP) is 3.21. The molecule has 6 heteroatoms. The van der Waals surface area contributed by atoms with Gasteiger partial charge in [-0.15, -0.1) is 0 Å². The zero-order valence-electron chi connectivity index (χ0n) is 11.1. The fourth-order valence-corrected chi connectivity index (χ4v) is 3.15. The zero-order chi connectivity index (χ0) is 13.4. The maximum absolute atomic E-state index is 6.04. The molecule has 2 atom stereocenters. The Balaban J connectivity index is 1.86. The Labute approximate surface area is 116 Å². The van der Waals surface area contributed by atoms with E-state index >= 15 is 0 Å². The first-order valence-corrected chi connectivity index (χ1v) is 7.03. The molecule has 5 nitrogen and oxygen atoms in total. The van der Waals surface area contributed by atoms with E-state index < -0.39 is 0 Å². The Morgan fingerprint density at radius 2 is 1.95 bits per heavy atom. The molecule has 0 saturated heterocycles. The van der Waals surface area contributed by atoms with Crippen molar-refractivity contribution in [2.24, 2.45) is 11.8 Å². The van der Waals surface area contributed by atoms with E-state index in [1.54, 1.807) is 6.33 Å². The smallest absolute Gasteiger partial charge is 0.244 e. The maximum Gasteiger partial charge on any atom is 0.244 e. The van der Waals surface area contributed by atoms with E-state index in [2.05, 4.69) is 33.8 Å². The van der Waals surface area contributed by atoms with Crippen LogP contribution in [0.1, 0.15) is 33.1 Å². The highest BCUT2D eigenvalue weighted by atomic mass is 35.5. The zero-order valence-corrected chi connectivity index (χ0v) is 11.8. The third kappa shape index (κ3) is 2.66. The Hall–Kier alpha value is -1.36. The number of ether oxygens (including phenoxy) is 1. The number of nitrogens with zero attached hydrogens (tertiary/aromatic N) is 3. The van der Waals surface area contributed by atoms with E-state index in [4.69, 9.17) is 16.3 Å². The number of rotatable bonds is 2. The fourth-order valence-electron chi connectivity index (χ4n) is 2.99. The number of hydrogen-bond acceptors (Lipinski definition) is 4. The highest BCUT2D eigenvalue weighted by Crippen LogP contribution is 2.32. The lowest BCUT2D eigenvalue weighted by Crippen LogP contribution is -2.28. The number of imidazole rings is 1. The van der Waals surface area contributed by atoms with Crippen LogP contribution in [-0.4, -0.2) is 26.0 Å². The molecular formula is C13H17ClN4O. The Bertz CT molecular complexity index is 575. The number of aromatic amines is 1. The molecule has 0 amide bonds. The third-order valence-corrected chi connectivity index (χ3v) is 3.81. The monoisotopic (exact) mass is 280 g/mol.